The number of fused-ring (bicyclic) bond motifs is 1. The van der Waals surface area contributed by atoms with Gasteiger partial charge in [-0.15, -0.1) is 0 Å². The SMILES string of the molecule is Cc1cccc2cc(C(NN)C3CCC(C)(C)CC3)oc12. The summed E-state index contributed by atoms with van der Waals surface area (Å²) in [6.45, 7) is 6.81. The zero-order valence-corrected chi connectivity index (χ0v) is 13.3. The number of hydrazine groups is 1. The summed E-state index contributed by atoms with van der Waals surface area (Å²) in [5, 5.41) is 1.17. The van der Waals surface area contributed by atoms with E-state index in [1.165, 1.54) is 36.6 Å². The predicted octanol–water partition coefficient (Wildman–Crippen LogP) is 4.46. The van der Waals surface area contributed by atoms with Gasteiger partial charge in [-0.25, -0.2) is 5.43 Å². The molecule has 1 unspecified atom stereocenters. The van der Waals surface area contributed by atoms with Gasteiger partial charge in [-0.2, -0.15) is 0 Å². The second kappa shape index (κ2) is 5.47. The largest absolute Gasteiger partial charge is 0.459 e. The van der Waals surface area contributed by atoms with Crippen molar-refractivity contribution in [1.82, 2.24) is 5.43 Å². The molecule has 2 aromatic rings. The molecule has 0 saturated heterocycles. The highest BCUT2D eigenvalue weighted by atomic mass is 16.3. The van der Waals surface area contributed by atoms with Crippen LogP contribution in [0.25, 0.3) is 11.0 Å². The quantitative estimate of drug-likeness (QED) is 0.647. The van der Waals surface area contributed by atoms with E-state index in [0.29, 0.717) is 11.3 Å². The maximum atomic E-state index is 6.11. The van der Waals surface area contributed by atoms with Crippen molar-refractivity contribution in [1.29, 1.82) is 0 Å². The van der Waals surface area contributed by atoms with E-state index in [1.54, 1.807) is 0 Å². The Bertz CT molecular complexity index is 619. The van der Waals surface area contributed by atoms with Crippen LogP contribution in [0, 0.1) is 18.3 Å². The van der Waals surface area contributed by atoms with E-state index in [4.69, 9.17) is 10.3 Å². The summed E-state index contributed by atoms with van der Waals surface area (Å²) in [6, 6.07) is 8.53. The van der Waals surface area contributed by atoms with Crippen molar-refractivity contribution < 1.29 is 4.42 Å². The Hall–Kier alpha value is -1.32. The molecule has 114 valence electrons. The fourth-order valence-electron chi connectivity index (χ4n) is 3.59. The Labute approximate surface area is 126 Å². The number of furan rings is 1. The number of nitrogens with two attached hydrogens (primary N) is 1. The molecule has 0 aliphatic heterocycles. The van der Waals surface area contributed by atoms with Crippen LogP contribution in [0.5, 0.6) is 0 Å². The van der Waals surface area contributed by atoms with Gasteiger partial charge in [0.05, 0.1) is 6.04 Å². The Morgan fingerprint density at radius 1 is 1.29 bits per heavy atom. The van der Waals surface area contributed by atoms with Gasteiger partial charge >= 0.3 is 0 Å². The lowest BCUT2D eigenvalue weighted by Crippen LogP contribution is -2.36. The number of rotatable bonds is 3. The molecule has 3 heteroatoms. The van der Waals surface area contributed by atoms with Crippen LogP contribution >= 0.6 is 0 Å². The second-order valence-electron chi connectivity index (χ2n) is 7.29. The van der Waals surface area contributed by atoms with E-state index in [9.17, 15) is 0 Å². The van der Waals surface area contributed by atoms with Gasteiger partial charge in [-0.05, 0) is 55.6 Å². The lowest BCUT2D eigenvalue weighted by Gasteiger charge is -2.37. The first kappa shape index (κ1) is 14.6. The predicted molar refractivity (Wildman–Crippen MR) is 86.8 cm³/mol. The minimum absolute atomic E-state index is 0.118. The van der Waals surface area contributed by atoms with Gasteiger partial charge < -0.3 is 4.42 Å². The zero-order valence-electron chi connectivity index (χ0n) is 13.3. The summed E-state index contributed by atoms with van der Waals surface area (Å²) >= 11 is 0. The molecule has 1 saturated carbocycles. The van der Waals surface area contributed by atoms with Crippen LogP contribution in [0.15, 0.2) is 28.7 Å². The van der Waals surface area contributed by atoms with Crippen molar-refractivity contribution >= 4 is 11.0 Å². The highest BCUT2D eigenvalue weighted by Gasteiger charge is 2.33. The van der Waals surface area contributed by atoms with E-state index in [1.807, 2.05) is 0 Å². The molecule has 0 amide bonds. The lowest BCUT2D eigenvalue weighted by atomic mass is 9.71. The van der Waals surface area contributed by atoms with Crippen LogP contribution in [0.2, 0.25) is 0 Å². The summed E-state index contributed by atoms with van der Waals surface area (Å²) in [7, 11) is 0. The lowest BCUT2D eigenvalue weighted by molar-refractivity contribution is 0.153. The van der Waals surface area contributed by atoms with E-state index in [-0.39, 0.29) is 6.04 Å². The third-order valence-corrected chi connectivity index (χ3v) is 5.10. The Morgan fingerprint density at radius 3 is 2.62 bits per heavy atom. The van der Waals surface area contributed by atoms with Crippen LogP contribution < -0.4 is 11.3 Å². The van der Waals surface area contributed by atoms with E-state index < -0.39 is 0 Å². The highest BCUT2D eigenvalue weighted by molar-refractivity contribution is 5.81. The molecule has 0 spiro atoms. The van der Waals surface area contributed by atoms with Gasteiger partial charge in [0.15, 0.2) is 0 Å². The number of hydrogen-bond acceptors (Lipinski definition) is 3. The number of nitrogens with one attached hydrogen (secondary N) is 1. The first-order chi connectivity index (χ1) is 10.00. The van der Waals surface area contributed by atoms with Gasteiger partial charge in [0.25, 0.3) is 0 Å². The van der Waals surface area contributed by atoms with Gasteiger partial charge in [0.2, 0.25) is 0 Å². The maximum Gasteiger partial charge on any atom is 0.137 e. The van der Waals surface area contributed by atoms with E-state index in [0.717, 1.165) is 11.3 Å². The molecular formula is C18H26N2O. The fraction of sp³-hybridized carbons (Fsp3) is 0.556. The summed E-state index contributed by atoms with van der Waals surface area (Å²) in [6.07, 6.45) is 4.93. The molecule has 1 aliphatic carbocycles. The molecule has 1 aliphatic rings. The first-order valence-corrected chi connectivity index (χ1v) is 7.95. The molecule has 0 radical (unpaired) electrons. The molecule has 0 bridgehead atoms. The first-order valence-electron chi connectivity index (χ1n) is 7.95. The van der Waals surface area contributed by atoms with Crippen molar-refractivity contribution in [3.63, 3.8) is 0 Å². The molecule has 1 heterocycles. The number of para-hydroxylation sites is 1. The van der Waals surface area contributed by atoms with Crippen LogP contribution in [0.3, 0.4) is 0 Å². The summed E-state index contributed by atoms with van der Waals surface area (Å²) in [5.41, 5.74) is 5.64. The van der Waals surface area contributed by atoms with Gasteiger partial charge in [-0.1, -0.05) is 32.0 Å². The molecule has 1 aromatic carbocycles. The van der Waals surface area contributed by atoms with Crippen molar-refractivity contribution in [3.05, 3.63) is 35.6 Å². The minimum Gasteiger partial charge on any atom is -0.459 e. The summed E-state index contributed by atoms with van der Waals surface area (Å²) in [4.78, 5) is 0. The molecule has 1 aromatic heterocycles. The molecule has 1 fully saturated rings. The fourth-order valence-corrected chi connectivity index (χ4v) is 3.59. The topological polar surface area (TPSA) is 51.2 Å². The summed E-state index contributed by atoms with van der Waals surface area (Å²) in [5.74, 6) is 7.39. The van der Waals surface area contributed by atoms with Crippen molar-refractivity contribution in [3.8, 4) is 0 Å². The molecule has 21 heavy (non-hydrogen) atoms. The van der Waals surface area contributed by atoms with E-state index in [2.05, 4.69) is 50.5 Å². The Balaban J connectivity index is 1.87. The van der Waals surface area contributed by atoms with Gasteiger partial charge in [-0.3, -0.25) is 5.84 Å². The third kappa shape index (κ3) is 2.85. The summed E-state index contributed by atoms with van der Waals surface area (Å²) < 4.78 is 6.11. The normalized spacial score (nSPS) is 20.8. The monoisotopic (exact) mass is 286 g/mol. The average Bonchev–Trinajstić information content (AvgIpc) is 2.86. The number of aryl methyl sites for hydroxylation is 1. The third-order valence-electron chi connectivity index (χ3n) is 5.10. The van der Waals surface area contributed by atoms with Crippen molar-refractivity contribution in [2.75, 3.05) is 0 Å². The molecule has 3 nitrogen and oxygen atoms in total. The Morgan fingerprint density at radius 2 is 2.00 bits per heavy atom. The van der Waals surface area contributed by atoms with Crippen LogP contribution in [0.4, 0.5) is 0 Å². The Kier molecular flexibility index (Phi) is 3.80. The minimum atomic E-state index is 0.118. The van der Waals surface area contributed by atoms with Crippen molar-refractivity contribution in [2.24, 2.45) is 17.2 Å². The molecule has 3 rings (SSSR count). The standard InChI is InChI=1S/C18H26N2O/c1-12-5-4-6-14-11-15(21-17(12)14)16(20-19)13-7-9-18(2,3)10-8-13/h4-6,11,13,16,20H,7-10,19H2,1-3H3. The van der Waals surface area contributed by atoms with Gasteiger partial charge in [0.1, 0.15) is 11.3 Å². The van der Waals surface area contributed by atoms with Crippen LogP contribution in [0.1, 0.15) is 56.9 Å². The number of benzene rings is 1. The molecular weight excluding hydrogens is 260 g/mol. The molecule has 3 N–H and O–H groups in total. The zero-order chi connectivity index (χ0) is 15.0. The van der Waals surface area contributed by atoms with Gasteiger partial charge in [0, 0.05) is 5.39 Å². The van der Waals surface area contributed by atoms with Crippen molar-refractivity contribution in [2.45, 2.75) is 52.5 Å². The highest BCUT2D eigenvalue weighted by Crippen LogP contribution is 2.43. The van der Waals surface area contributed by atoms with E-state index >= 15 is 0 Å². The second-order valence-corrected chi connectivity index (χ2v) is 7.29. The van der Waals surface area contributed by atoms with Crippen LogP contribution in [-0.2, 0) is 0 Å². The van der Waals surface area contributed by atoms with Crippen LogP contribution in [-0.4, -0.2) is 0 Å². The average molecular weight is 286 g/mol. The molecule has 1 atom stereocenters. The smallest absolute Gasteiger partial charge is 0.137 e. The number of hydrogen-bond donors (Lipinski definition) is 2. The maximum absolute atomic E-state index is 6.11.